The second kappa shape index (κ2) is 11.1. The van der Waals surface area contributed by atoms with Gasteiger partial charge in [0.25, 0.3) is 0 Å². The molecule has 8 heteroatoms. The van der Waals surface area contributed by atoms with E-state index < -0.39 is 0 Å². The van der Waals surface area contributed by atoms with E-state index in [1.165, 1.54) is 25.5 Å². The number of rotatable bonds is 5. The Morgan fingerprint density at radius 2 is 1.74 bits per heavy atom. The number of aliphatic hydroxyl groups is 1. The number of hydrogen-bond donors (Lipinski definition) is 5. The van der Waals surface area contributed by atoms with Crippen LogP contribution < -0.4 is 16.4 Å². The Bertz CT molecular complexity index is 1270. The van der Waals surface area contributed by atoms with Crippen molar-refractivity contribution in [2.45, 2.75) is 38.2 Å². The maximum atomic E-state index is 8.91. The van der Waals surface area contributed by atoms with Crippen molar-refractivity contribution >= 4 is 50.2 Å². The molecule has 0 aliphatic heterocycles. The van der Waals surface area contributed by atoms with E-state index in [0.717, 1.165) is 56.5 Å². The van der Waals surface area contributed by atoms with Crippen molar-refractivity contribution in [1.82, 2.24) is 9.97 Å². The Morgan fingerprint density at radius 3 is 2.44 bits per heavy atom. The third-order valence-corrected chi connectivity index (χ3v) is 6.71. The molecule has 0 atom stereocenters. The number of thiazole rings is 1. The molecule has 4 aromatic rings. The number of benzene rings is 2. The number of nitrogens with one attached hydrogen (secondary N) is 3. The summed E-state index contributed by atoms with van der Waals surface area (Å²) in [4.78, 5) is 9.10. The lowest BCUT2D eigenvalue weighted by Gasteiger charge is -2.14. The van der Waals surface area contributed by atoms with Crippen LogP contribution in [0.4, 0.5) is 22.5 Å². The summed E-state index contributed by atoms with van der Waals surface area (Å²) < 4.78 is 1.08. The molecular weight excluding hydrogens is 444 g/mol. The predicted molar refractivity (Wildman–Crippen MR) is 144 cm³/mol. The molecule has 2 heterocycles. The molecule has 2 aromatic heterocycles. The minimum absolute atomic E-state index is 0.0359. The number of pyridine rings is 1. The first-order chi connectivity index (χ1) is 16.6. The quantitative estimate of drug-likeness (QED) is 0.178. The Morgan fingerprint density at radius 1 is 1.00 bits per heavy atom. The average Bonchev–Trinajstić information content (AvgIpc) is 3.26. The Labute approximate surface area is 203 Å². The summed E-state index contributed by atoms with van der Waals surface area (Å²) in [5.41, 5.74) is 10.2. The van der Waals surface area contributed by atoms with Crippen LogP contribution in [0.1, 0.15) is 37.7 Å². The van der Waals surface area contributed by atoms with Gasteiger partial charge in [-0.3, -0.25) is 0 Å². The zero-order valence-electron chi connectivity index (χ0n) is 19.2. The van der Waals surface area contributed by atoms with Gasteiger partial charge in [-0.25, -0.2) is 9.97 Å². The van der Waals surface area contributed by atoms with Gasteiger partial charge >= 0.3 is 0 Å². The van der Waals surface area contributed by atoms with Gasteiger partial charge in [0.1, 0.15) is 11.6 Å². The maximum absolute atomic E-state index is 8.91. The van der Waals surface area contributed by atoms with Gasteiger partial charge in [-0.05, 0) is 60.4 Å². The fourth-order valence-corrected chi connectivity index (χ4v) is 4.78. The van der Waals surface area contributed by atoms with Crippen LogP contribution in [0.25, 0.3) is 21.3 Å². The van der Waals surface area contributed by atoms with E-state index in [4.69, 9.17) is 16.2 Å². The molecule has 0 unspecified atom stereocenters. The lowest BCUT2D eigenvalue weighted by molar-refractivity contribution is 0.130. The molecule has 7 nitrogen and oxygen atoms in total. The van der Waals surface area contributed by atoms with Crippen LogP contribution in [0.15, 0.2) is 54.6 Å². The zero-order chi connectivity index (χ0) is 23.9. The van der Waals surface area contributed by atoms with Crippen molar-refractivity contribution in [2.75, 3.05) is 23.4 Å². The van der Waals surface area contributed by atoms with Crippen LogP contribution in [0, 0.1) is 5.41 Å². The van der Waals surface area contributed by atoms with E-state index in [1.807, 2.05) is 55.6 Å². The molecule has 0 amide bonds. The maximum Gasteiger partial charge on any atom is 0.189 e. The van der Waals surface area contributed by atoms with Crippen molar-refractivity contribution in [3.05, 3.63) is 60.2 Å². The largest absolute Gasteiger partial charge is 0.398 e. The molecule has 1 aliphatic rings. The molecule has 5 rings (SSSR count). The van der Waals surface area contributed by atoms with Crippen molar-refractivity contribution in [3.63, 3.8) is 0 Å². The van der Waals surface area contributed by atoms with E-state index >= 15 is 0 Å². The normalized spacial score (nSPS) is 13.7. The van der Waals surface area contributed by atoms with E-state index in [-0.39, 0.29) is 6.10 Å². The SMILES string of the molecule is CNc1cccc(Nc2nc3ccc(-c4ccc(N)c(C=N)c4)cc3s2)n1.OC1CCCCC1. The third kappa shape index (κ3) is 5.89. The van der Waals surface area contributed by atoms with Gasteiger partial charge in [0.15, 0.2) is 5.13 Å². The fourth-order valence-electron chi connectivity index (χ4n) is 3.87. The topological polar surface area (TPSA) is 120 Å². The molecule has 1 saturated carbocycles. The van der Waals surface area contributed by atoms with Gasteiger partial charge in [-0.15, -0.1) is 0 Å². The minimum atomic E-state index is 0.0359. The summed E-state index contributed by atoms with van der Waals surface area (Å²) in [5, 5.41) is 23.5. The minimum Gasteiger partial charge on any atom is -0.398 e. The average molecular weight is 475 g/mol. The highest BCUT2D eigenvalue weighted by Gasteiger charge is 2.09. The van der Waals surface area contributed by atoms with E-state index in [2.05, 4.69) is 26.7 Å². The van der Waals surface area contributed by atoms with Crippen LogP contribution >= 0.6 is 11.3 Å². The van der Waals surface area contributed by atoms with Crippen LogP contribution in [0.2, 0.25) is 0 Å². The molecule has 0 spiro atoms. The summed E-state index contributed by atoms with van der Waals surface area (Å²) in [6.07, 6.45) is 7.20. The summed E-state index contributed by atoms with van der Waals surface area (Å²) >= 11 is 1.58. The number of hydrogen-bond acceptors (Lipinski definition) is 8. The van der Waals surface area contributed by atoms with Crippen molar-refractivity contribution in [3.8, 4) is 11.1 Å². The molecule has 34 heavy (non-hydrogen) atoms. The smallest absolute Gasteiger partial charge is 0.189 e. The van der Waals surface area contributed by atoms with E-state index in [9.17, 15) is 0 Å². The summed E-state index contributed by atoms with van der Waals surface area (Å²) in [6.45, 7) is 0. The Kier molecular flexibility index (Phi) is 7.72. The summed E-state index contributed by atoms with van der Waals surface area (Å²) in [6, 6.07) is 17.6. The lowest BCUT2D eigenvalue weighted by Crippen LogP contribution is -2.09. The molecule has 0 bridgehead atoms. The van der Waals surface area contributed by atoms with Crippen LogP contribution in [0.5, 0.6) is 0 Å². The van der Waals surface area contributed by atoms with Gasteiger partial charge < -0.3 is 26.9 Å². The molecule has 6 N–H and O–H groups in total. The predicted octanol–water partition coefficient (Wildman–Crippen LogP) is 6.03. The molecule has 0 saturated heterocycles. The number of aromatic nitrogens is 2. The molecular formula is C26H30N6OS. The Balaban J connectivity index is 0.000000336. The van der Waals surface area contributed by atoms with Crippen LogP contribution in [0.3, 0.4) is 0 Å². The summed E-state index contributed by atoms with van der Waals surface area (Å²) in [7, 11) is 1.84. The Hall–Kier alpha value is -3.49. The van der Waals surface area contributed by atoms with Gasteiger partial charge in [-0.1, -0.05) is 48.8 Å². The number of nitrogens with zero attached hydrogens (tertiary/aromatic N) is 2. The van der Waals surface area contributed by atoms with Crippen molar-refractivity contribution in [2.24, 2.45) is 0 Å². The third-order valence-electron chi connectivity index (χ3n) is 5.78. The lowest BCUT2D eigenvalue weighted by atomic mass is 9.98. The number of nitrogens with two attached hydrogens (primary N) is 1. The number of anilines is 4. The highest BCUT2D eigenvalue weighted by atomic mass is 32.1. The molecule has 1 aliphatic carbocycles. The van der Waals surface area contributed by atoms with E-state index in [0.29, 0.717) is 5.69 Å². The zero-order valence-corrected chi connectivity index (χ0v) is 20.0. The van der Waals surface area contributed by atoms with Gasteiger partial charge in [0.2, 0.25) is 0 Å². The molecule has 1 fully saturated rings. The molecule has 0 radical (unpaired) electrons. The first-order valence-corrected chi connectivity index (χ1v) is 12.3. The van der Waals surface area contributed by atoms with Crippen LogP contribution in [-0.2, 0) is 0 Å². The number of fused-ring (bicyclic) bond motifs is 1. The van der Waals surface area contributed by atoms with Gasteiger partial charge in [0.05, 0.1) is 16.3 Å². The second-order valence-electron chi connectivity index (χ2n) is 8.26. The first-order valence-electron chi connectivity index (χ1n) is 11.5. The second-order valence-corrected chi connectivity index (χ2v) is 9.30. The number of aliphatic hydroxyl groups excluding tert-OH is 1. The molecule has 2 aromatic carbocycles. The monoisotopic (exact) mass is 474 g/mol. The van der Waals surface area contributed by atoms with E-state index in [1.54, 1.807) is 11.3 Å². The number of nitrogen functional groups attached to an aromatic ring is 1. The highest BCUT2D eigenvalue weighted by molar-refractivity contribution is 7.22. The standard InChI is InChI=1S/C20H18N6S.C6H12O/c1-23-18-3-2-4-19(25-18)26-20-24-16-8-6-13(10-17(16)27-20)12-5-7-15(22)14(9-12)11-21;7-6-4-2-1-3-5-6/h2-11,21H,22H2,1H3,(H2,23,24,25,26);6-7H,1-5H2. The van der Waals surface area contributed by atoms with Crippen molar-refractivity contribution in [1.29, 1.82) is 5.41 Å². The summed E-state index contributed by atoms with van der Waals surface area (Å²) in [5.74, 6) is 1.55. The highest BCUT2D eigenvalue weighted by Crippen LogP contribution is 2.32. The van der Waals surface area contributed by atoms with Gasteiger partial charge in [-0.2, -0.15) is 0 Å². The molecule has 176 valence electrons. The van der Waals surface area contributed by atoms with Crippen molar-refractivity contribution < 1.29 is 5.11 Å². The first kappa shape index (κ1) is 23.7. The van der Waals surface area contributed by atoms with Crippen LogP contribution in [-0.4, -0.2) is 34.4 Å². The fraction of sp³-hybridized carbons (Fsp3) is 0.269. The van der Waals surface area contributed by atoms with Gasteiger partial charge in [0, 0.05) is 24.5 Å².